The number of fused-ring (bicyclic) bond motifs is 4. The van der Waals surface area contributed by atoms with E-state index < -0.39 is 0 Å². The lowest BCUT2D eigenvalue weighted by Crippen LogP contribution is -2.57. The van der Waals surface area contributed by atoms with Gasteiger partial charge in [0.1, 0.15) is 5.69 Å². The molecule has 0 aliphatic carbocycles. The molecule has 0 unspecified atom stereocenters. The predicted octanol–water partition coefficient (Wildman–Crippen LogP) is 2.82. The summed E-state index contributed by atoms with van der Waals surface area (Å²) >= 11 is 6.64. The number of carbonyl (C=O) groups is 1. The van der Waals surface area contributed by atoms with Gasteiger partial charge in [-0.1, -0.05) is 6.92 Å². The first-order chi connectivity index (χ1) is 13.1. The highest BCUT2D eigenvalue weighted by Gasteiger charge is 2.35. The summed E-state index contributed by atoms with van der Waals surface area (Å²) in [4.78, 5) is 15.3. The van der Waals surface area contributed by atoms with E-state index in [1.54, 1.807) is 0 Å². The fourth-order valence-electron chi connectivity index (χ4n) is 3.96. The van der Waals surface area contributed by atoms with Gasteiger partial charge in [-0.05, 0) is 80.2 Å². The van der Waals surface area contributed by atoms with Crippen molar-refractivity contribution >= 4 is 50.5 Å². The van der Waals surface area contributed by atoms with Crippen LogP contribution >= 0.6 is 23.8 Å². The summed E-state index contributed by atoms with van der Waals surface area (Å²) in [5.74, 6) is 0.553. The number of benzene rings is 1. The maximum Gasteiger partial charge on any atom is 0.271 e. The Kier molecular flexibility index (Phi) is 5.56. The molecule has 3 saturated heterocycles. The Hall–Kier alpha value is -1.77. The van der Waals surface area contributed by atoms with Gasteiger partial charge in [-0.25, -0.2) is 0 Å². The number of rotatable bonds is 5. The normalized spacial score (nSPS) is 24.0. The number of hydrogen-bond donors (Lipinski definition) is 3. The van der Waals surface area contributed by atoms with Gasteiger partial charge in [0.15, 0.2) is 5.11 Å². The quantitative estimate of drug-likeness (QED) is 0.667. The molecule has 1 amide bonds. The zero-order valence-electron chi connectivity index (χ0n) is 15.5. The van der Waals surface area contributed by atoms with Crippen molar-refractivity contribution in [1.29, 1.82) is 0 Å². The molecule has 27 heavy (non-hydrogen) atoms. The molecule has 8 heteroatoms. The summed E-state index contributed by atoms with van der Waals surface area (Å²) in [6.07, 6.45) is 3.39. The van der Waals surface area contributed by atoms with Crippen molar-refractivity contribution in [3.8, 4) is 0 Å². The molecule has 1 atom stereocenters. The molecule has 1 aromatic carbocycles. The van der Waals surface area contributed by atoms with Crippen LogP contribution in [0.15, 0.2) is 18.2 Å². The van der Waals surface area contributed by atoms with Gasteiger partial charge in [0.2, 0.25) is 0 Å². The van der Waals surface area contributed by atoms with Crippen molar-refractivity contribution in [2.24, 2.45) is 5.92 Å². The standard InChI is InChI=1S/C19H25N5OS2/c1-2-7-20-19(26)21-13-3-4-14-16(10-13)27-23-17(14)18(25)22-15-11-24-8-5-12(15)6-9-24/h3-4,10,12,15H,2,5-9,11H2,1H3,(H,22,25)(H2,20,21,26)/t15-/m1/s1. The average molecular weight is 404 g/mol. The minimum absolute atomic E-state index is 0.0548. The van der Waals surface area contributed by atoms with E-state index >= 15 is 0 Å². The van der Waals surface area contributed by atoms with E-state index in [9.17, 15) is 4.79 Å². The van der Waals surface area contributed by atoms with E-state index in [0.29, 0.717) is 16.7 Å². The lowest BCUT2D eigenvalue weighted by molar-refractivity contribution is 0.0619. The largest absolute Gasteiger partial charge is 0.362 e. The van der Waals surface area contributed by atoms with Gasteiger partial charge in [-0.15, -0.1) is 0 Å². The van der Waals surface area contributed by atoms with Crippen LogP contribution in [0.25, 0.3) is 10.1 Å². The third-order valence-corrected chi connectivity index (χ3v) is 6.51. The van der Waals surface area contributed by atoms with Crippen molar-refractivity contribution in [3.05, 3.63) is 23.9 Å². The monoisotopic (exact) mass is 403 g/mol. The maximum atomic E-state index is 12.8. The third kappa shape index (κ3) is 4.07. The number of carbonyl (C=O) groups excluding carboxylic acids is 1. The minimum Gasteiger partial charge on any atom is -0.362 e. The number of hydrogen-bond acceptors (Lipinski definition) is 5. The Morgan fingerprint density at radius 3 is 2.89 bits per heavy atom. The summed E-state index contributed by atoms with van der Waals surface area (Å²) < 4.78 is 5.42. The molecule has 3 N–H and O–H groups in total. The molecule has 1 aromatic heterocycles. The van der Waals surface area contributed by atoms with Crippen LogP contribution in [0.3, 0.4) is 0 Å². The third-order valence-electron chi connectivity index (χ3n) is 5.45. The van der Waals surface area contributed by atoms with Gasteiger partial charge in [0, 0.05) is 30.2 Å². The molecule has 3 aliphatic heterocycles. The fraction of sp³-hybridized carbons (Fsp3) is 0.526. The SMILES string of the molecule is CCCNC(=S)Nc1ccc2c(C(=O)N[C@@H]3CN4CCC3CC4)nsc2c1. The van der Waals surface area contributed by atoms with Crippen LogP contribution in [0.1, 0.15) is 36.7 Å². The molecule has 144 valence electrons. The van der Waals surface area contributed by atoms with Crippen LogP contribution in [0.5, 0.6) is 0 Å². The molecular formula is C19H25N5OS2. The first-order valence-electron chi connectivity index (χ1n) is 9.61. The molecule has 4 heterocycles. The summed E-state index contributed by atoms with van der Waals surface area (Å²) in [5.41, 5.74) is 1.44. The molecule has 6 nitrogen and oxygen atoms in total. The number of aromatic nitrogens is 1. The average Bonchev–Trinajstić information content (AvgIpc) is 3.10. The summed E-state index contributed by atoms with van der Waals surface area (Å²) in [6.45, 7) is 6.25. The highest BCUT2D eigenvalue weighted by molar-refractivity contribution is 7.80. The van der Waals surface area contributed by atoms with Crippen LogP contribution in [-0.2, 0) is 0 Å². The van der Waals surface area contributed by atoms with Crippen LogP contribution in [0.2, 0.25) is 0 Å². The van der Waals surface area contributed by atoms with Crippen molar-refractivity contribution in [2.75, 3.05) is 31.5 Å². The Labute approximate surface area is 168 Å². The number of nitrogens with zero attached hydrogens (tertiary/aromatic N) is 2. The molecule has 0 radical (unpaired) electrons. The maximum absolute atomic E-state index is 12.8. The van der Waals surface area contributed by atoms with Gasteiger partial charge >= 0.3 is 0 Å². The van der Waals surface area contributed by atoms with Crippen LogP contribution in [0.4, 0.5) is 5.69 Å². The van der Waals surface area contributed by atoms with E-state index in [2.05, 4.69) is 32.1 Å². The van der Waals surface area contributed by atoms with Gasteiger partial charge in [-0.3, -0.25) is 4.79 Å². The van der Waals surface area contributed by atoms with Crippen molar-refractivity contribution in [1.82, 2.24) is 19.9 Å². The number of anilines is 1. The number of thiocarbonyl (C=S) groups is 1. The van der Waals surface area contributed by atoms with E-state index in [4.69, 9.17) is 12.2 Å². The van der Waals surface area contributed by atoms with Gasteiger partial charge in [0.05, 0.1) is 4.70 Å². The Bertz CT molecular complexity index is 844. The zero-order valence-corrected chi connectivity index (χ0v) is 17.1. The summed E-state index contributed by atoms with van der Waals surface area (Å²) in [5, 5.41) is 11.1. The van der Waals surface area contributed by atoms with E-state index in [0.717, 1.165) is 35.3 Å². The summed E-state index contributed by atoms with van der Waals surface area (Å²) in [7, 11) is 0. The van der Waals surface area contributed by atoms with E-state index in [1.807, 2.05) is 18.2 Å². The zero-order chi connectivity index (χ0) is 18.8. The lowest BCUT2D eigenvalue weighted by Gasteiger charge is -2.44. The fourth-order valence-corrected chi connectivity index (χ4v) is 4.99. The van der Waals surface area contributed by atoms with E-state index in [-0.39, 0.29) is 11.9 Å². The molecule has 5 rings (SSSR count). The predicted molar refractivity (Wildman–Crippen MR) is 115 cm³/mol. The van der Waals surface area contributed by atoms with Crippen molar-refractivity contribution in [2.45, 2.75) is 32.2 Å². The van der Waals surface area contributed by atoms with Crippen LogP contribution in [-0.4, -0.2) is 52.5 Å². The second-order valence-electron chi connectivity index (χ2n) is 7.34. The van der Waals surface area contributed by atoms with E-state index in [1.165, 1.54) is 37.5 Å². The molecule has 2 bridgehead atoms. The first kappa shape index (κ1) is 18.6. The van der Waals surface area contributed by atoms with Crippen molar-refractivity contribution in [3.63, 3.8) is 0 Å². The Morgan fingerprint density at radius 2 is 2.19 bits per heavy atom. The van der Waals surface area contributed by atoms with Gasteiger partial charge in [-0.2, -0.15) is 4.37 Å². The number of piperidine rings is 3. The lowest BCUT2D eigenvalue weighted by atomic mass is 9.84. The highest BCUT2D eigenvalue weighted by Crippen LogP contribution is 2.29. The van der Waals surface area contributed by atoms with Crippen LogP contribution in [0, 0.1) is 5.92 Å². The molecule has 0 saturated carbocycles. The number of amides is 1. The second kappa shape index (κ2) is 8.08. The molecule has 3 fully saturated rings. The molecule has 0 spiro atoms. The Morgan fingerprint density at radius 1 is 1.37 bits per heavy atom. The second-order valence-corrected chi connectivity index (χ2v) is 8.55. The molecule has 3 aliphatic rings. The van der Waals surface area contributed by atoms with Gasteiger partial charge in [0.25, 0.3) is 5.91 Å². The topological polar surface area (TPSA) is 69.3 Å². The first-order valence-corrected chi connectivity index (χ1v) is 10.8. The highest BCUT2D eigenvalue weighted by atomic mass is 32.1. The molecule has 2 aromatic rings. The summed E-state index contributed by atoms with van der Waals surface area (Å²) in [6, 6.07) is 6.15. The van der Waals surface area contributed by atoms with Crippen molar-refractivity contribution < 1.29 is 4.79 Å². The smallest absolute Gasteiger partial charge is 0.271 e. The molecular weight excluding hydrogens is 378 g/mol. The van der Waals surface area contributed by atoms with Crippen LogP contribution < -0.4 is 16.0 Å². The number of nitrogens with one attached hydrogen (secondary N) is 3. The van der Waals surface area contributed by atoms with Gasteiger partial charge < -0.3 is 20.9 Å². The minimum atomic E-state index is -0.0548. The Balaban J connectivity index is 1.45.